The molecular formula is C25H24F3N3O6S. The highest BCUT2D eigenvalue weighted by Gasteiger charge is 2.41. The van der Waals surface area contributed by atoms with Gasteiger partial charge >= 0.3 is 6.61 Å². The molecule has 0 aliphatic carbocycles. The van der Waals surface area contributed by atoms with Crippen molar-refractivity contribution in [2.75, 3.05) is 13.1 Å². The van der Waals surface area contributed by atoms with Gasteiger partial charge in [0.2, 0.25) is 21.8 Å². The fourth-order valence-electron chi connectivity index (χ4n) is 5.37. The predicted molar refractivity (Wildman–Crippen MR) is 126 cm³/mol. The second-order valence-electron chi connectivity index (χ2n) is 9.45. The zero-order valence-electron chi connectivity index (χ0n) is 20.0. The summed E-state index contributed by atoms with van der Waals surface area (Å²) < 4.78 is 71.1. The summed E-state index contributed by atoms with van der Waals surface area (Å²) in [5, 5.41) is 2.24. The Bertz CT molecular complexity index is 1390. The average molecular weight is 552 g/mol. The molecule has 9 nitrogen and oxygen atoms in total. The summed E-state index contributed by atoms with van der Waals surface area (Å²) in [7, 11) is -3.89. The molecule has 0 bridgehead atoms. The van der Waals surface area contributed by atoms with E-state index in [1.54, 1.807) is 0 Å². The van der Waals surface area contributed by atoms with Crippen LogP contribution in [0.25, 0.3) is 0 Å². The summed E-state index contributed by atoms with van der Waals surface area (Å²) in [4.78, 5) is 38.3. The van der Waals surface area contributed by atoms with E-state index in [1.165, 1.54) is 27.4 Å². The molecule has 13 heteroatoms. The fourth-order valence-corrected chi connectivity index (χ4v) is 6.84. The third-order valence-corrected chi connectivity index (χ3v) is 9.15. The number of hydrogen-bond acceptors (Lipinski definition) is 6. The first-order valence-corrected chi connectivity index (χ1v) is 13.5. The molecular weight excluding hydrogens is 527 g/mol. The molecule has 2 aromatic carbocycles. The summed E-state index contributed by atoms with van der Waals surface area (Å²) in [5.41, 5.74) is 1.39. The van der Waals surface area contributed by atoms with Gasteiger partial charge < -0.3 is 9.64 Å². The Hall–Kier alpha value is -3.45. The zero-order valence-corrected chi connectivity index (χ0v) is 20.8. The number of sulfonamides is 1. The van der Waals surface area contributed by atoms with Crippen molar-refractivity contribution in [1.29, 1.82) is 0 Å². The molecule has 0 saturated carbocycles. The number of amides is 3. The van der Waals surface area contributed by atoms with Gasteiger partial charge in [-0.25, -0.2) is 12.8 Å². The SMILES string of the molecule is O=C1CCC(N2Cc3c(cc(F)cc3C3CCN(S(=O)(=O)c4ccc(OC(F)F)cc4)CC3)C2=O)C(=O)N1. The van der Waals surface area contributed by atoms with Crippen molar-refractivity contribution < 1.29 is 40.7 Å². The molecule has 0 radical (unpaired) electrons. The van der Waals surface area contributed by atoms with Crippen molar-refractivity contribution in [2.24, 2.45) is 0 Å². The van der Waals surface area contributed by atoms with Crippen molar-refractivity contribution >= 4 is 27.7 Å². The highest BCUT2D eigenvalue weighted by molar-refractivity contribution is 7.89. The van der Waals surface area contributed by atoms with Gasteiger partial charge in [-0.1, -0.05) is 0 Å². The van der Waals surface area contributed by atoms with Crippen LogP contribution in [0.4, 0.5) is 13.2 Å². The maximum Gasteiger partial charge on any atom is 0.387 e. The van der Waals surface area contributed by atoms with Crippen LogP contribution in [0.1, 0.15) is 53.1 Å². The lowest BCUT2D eigenvalue weighted by Crippen LogP contribution is -2.52. The van der Waals surface area contributed by atoms with Gasteiger partial charge in [0, 0.05) is 31.6 Å². The molecule has 0 spiro atoms. The van der Waals surface area contributed by atoms with Crippen LogP contribution in [0.2, 0.25) is 0 Å². The smallest absolute Gasteiger partial charge is 0.387 e. The van der Waals surface area contributed by atoms with Crippen LogP contribution in [0.15, 0.2) is 41.3 Å². The number of nitrogens with zero attached hydrogens (tertiary/aromatic N) is 2. The molecule has 38 heavy (non-hydrogen) atoms. The number of piperidine rings is 2. The second kappa shape index (κ2) is 10.0. The van der Waals surface area contributed by atoms with Crippen LogP contribution in [-0.4, -0.2) is 61.1 Å². The maximum atomic E-state index is 14.6. The molecule has 0 aromatic heterocycles. The summed E-state index contributed by atoms with van der Waals surface area (Å²) in [6.45, 7) is -2.65. The van der Waals surface area contributed by atoms with Gasteiger partial charge in [-0.15, -0.1) is 0 Å². The van der Waals surface area contributed by atoms with Gasteiger partial charge in [0.1, 0.15) is 17.6 Å². The van der Waals surface area contributed by atoms with Crippen LogP contribution in [0.3, 0.4) is 0 Å². The van der Waals surface area contributed by atoms with E-state index in [0.717, 1.165) is 18.2 Å². The van der Waals surface area contributed by atoms with E-state index in [0.29, 0.717) is 24.0 Å². The minimum atomic E-state index is -3.89. The van der Waals surface area contributed by atoms with Crippen LogP contribution < -0.4 is 10.1 Å². The van der Waals surface area contributed by atoms with Crippen molar-refractivity contribution in [3.8, 4) is 5.75 Å². The number of ether oxygens (including phenoxy) is 1. The number of nitrogens with one attached hydrogen (secondary N) is 1. The molecule has 1 N–H and O–H groups in total. The van der Waals surface area contributed by atoms with Gasteiger partial charge in [-0.05, 0) is 72.7 Å². The van der Waals surface area contributed by atoms with Crippen LogP contribution in [-0.2, 0) is 26.2 Å². The van der Waals surface area contributed by atoms with Crippen molar-refractivity contribution in [3.63, 3.8) is 0 Å². The zero-order chi connectivity index (χ0) is 27.2. The number of hydrogen-bond donors (Lipinski definition) is 1. The van der Waals surface area contributed by atoms with E-state index in [1.807, 2.05) is 0 Å². The van der Waals surface area contributed by atoms with Crippen LogP contribution in [0.5, 0.6) is 5.75 Å². The normalized spacial score (nSPS) is 21.1. The molecule has 2 fully saturated rings. The number of halogens is 3. The van der Waals surface area contributed by atoms with E-state index in [9.17, 15) is 36.0 Å². The molecule has 2 aromatic rings. The Kier molecular flexibility index (Phi) is 6.90. The van der Waals surface area contributed by atoms with Gasteiger partial charge in [0.05, 0.1) is 4.90 Å². The molecule has 5 rings (SSSR count). The Morgan fingerprint density at radius 3 is 2.32 bits per heavy atom. The largest absolute Gasteiger partial charge is 0.435 e. The Balaban J connectivity index is 1.31. The van der Waals surface area contributed by atoms with Gasteiger partial charge in [0.25, 0.3) is 5.91 Å². The number of carbonyl (C=O) groups is 3. The highest BCUT2D eigenvalue weighted by atomic mass is 32.2. The van der Waals surface area contributed by atoms with E-state index >= 15 is 0 Å². The Labute approximate surface area is 216 Å². The standard InChI is InChI=1S/C25H24F3N3O6S/c26-15-11-18(20-13-31(24(34)19(20)12-15)21-5-6-22(32)29-23(21)33)14-7-9-30(10-8-14)38(35,36)17-3-1-16(2-4-17)37-25(27)28/h1-4,11-12,14,21,25H,5-10,13H2,(H,29,32,33). The first-order chi connectivity index (χ1) is 18.0. The Morgan fingerprint density at radius 1 is 1.00 bits per heavy atom. The molecule has 3 heterocycles. The molecule has 3 aliphatic rings. The number of fused-ring (bicyclic) bond motifs is 1. The first-order valence-electron chi connectivity index (χ1n) is 12.1. The Morgan fingerprint density at radius 2 is 1.68 bits per heavy atom. The average Bonchev–Trinajstić information content (AvgIpc) is 3.19. The van der Waals surface area contributed by atoms with Crippen LogP contribution in [0, 0.1) is 5.82 Å². The second-order valence-corrected chi connectivity index (χ2v) is 11.4. The van der Waals surface area contributed by atoms with Gasteiger partial charge in [0.15, 0.2) is 0 Å². The number of rotatable bonds is 6. The number of carbonyl (C=O) groups excluding carboxylic acids is 3. The third kappa shape index (κ3) is 4.87. The monoisotopic (exact) mass is 551 g/mol. The summed E-state index contributed by atoms with van der Waals surface area (Å²) >= 11 is 0. The summed E-state index contributed by atoms with van der Waals surface area (Å²) in [6, 6.07) is 6.40. The molecule has 202 valence electrons. The fraction of sp³-hybridized carbons (Fsp3) is 0.400. The lowest BCUT2D eigenvalue weighted by Gasteiger charge is -2.32. The predicted octanol–water partition coefficient (Wildman–Crippen LogP) is 2.76. The van der Waals surface area contributed by atoms with Crippen molar-refractivity contribution in [2.45, 2.75) is 55.7 Å². The third-order valence-electron chi connectivity index (χ3n) is 7.24. The lowest BCUT2D eigenvalue weighted by molar-refractivity contribution is -0.136. The number of alkyl halides is 2. The quantitative estimate of drug-likeness (QED) is 0.553. The number of benzene rings is 2. The summed E-state index contributed by atoms with van der Waals surface area (Å²) in [6.07, 6.45) is 1.03. The van der Waals surface area contributed by atoms with Crippen molar-refractivity contribution in [3.05, 3.63) is 58.9 Å². The molecule has 3 aliphatic heterocycles. The lowest BCUT2D eigenvalue weighted by atomic mass is 9.86. The molecule has 1 unspecified atom stereocenters. The van der Waals surface area contributed by atoms with Gasteiger partial charge in [-0.3, -0.25) is 19.7 Å². The van der Waals surface area contributed by atoms with E-state index in [4.69, 9.17) is 0 Å². The van der Waals surface area contributed by atoms with Gasteiger partial charge in [-0.2, -0.15) is 13.1 Å². The summed E-state index contributed by atoms with van der Waals surface area (Å²) in [5.74, 6) is -2.41. The van der Waals surface area contributed by atoms with E-state index in [-0.39, 0.29) is 54.6 Å². The molecule has 2 saturated heterocycles. The van der Waals surface area contributed by atoms with Crippen molar-refractivity contribution in [1.82, 2.24) is 14.5 Å². The van der Waals surface area contributed by atoms with E-state index in [2.05, 4.69) is 10.1 Å². The molecule has 3 amide bonds. The topological polar surface area (TPSA) is 113 Å². The highest BCUT2D eigenvalue weighted by Crippen LogP contribution is 2.38. The minimum absolute atomic E-state index is 0.0605. The molecule has 1 atom stereocenters. The maximum absolute atomic E-state index is 14.6. The first kappa shape index (κ1) is 26.2. The van der Waals surface area contributed by atoms with E-state index < -0.39 is 46.2 Å². The minimum Gasteiger partial charge on any atom is -0.435 e. The van der Waals surface area contributed by atoms with Crippen LogP contribution >= 0.6 is 0 Å². The number of imide groups is 1.